The lowest BCUT2D eigenvalue weighted by Crippen LogP contribution is -2.27. The highest BCUT2D eigenvalue weighted by atomic mass is 16.5. The van der Waals surface area contributed by atoms with Gasteiger partial charge in [-0.1, -0.05) is 12.1 Å². The fraction of sp³-hybridized carbons (Fsp3) is 0.400. The Morgan fingerprint density at radius 3 is 2.90 bits per heavy atom. The number of carbonyl (C=O) groups is 1. The Hall–Kier alpha value is -2.37. The average molecular weight is 287 g/mol. The third-order valence-corrected chi connectivity index (χ3v) is 3.69. The minimum atomic E-state index is -0.361. The lowest BCUT2D eigenvalue weighted by Gasteiger charge is -2.20. The zero-order valence-electron chi connectivity index (χ0n) is 11.8. The van der Waals surface area contributed by atoms with Gasteiger partial charge in [0.25, 0.3) is 0 Å². The third-order valence-electron chi connectivity index (χ3n) is 3.69. The highest BCUT2D eigenvalue weighted by molar-refractivity contribution is 5.74. The molecule has 0 saturated carbocycles. The van der Waals surface area contributed by atoms with Crippen LogP contribution in [0.5, 0.6) is 5.75 Å². The second kappa shape index (κ2) is 5.55. The van der Waals surface area contributed by atoms with Gasteiger partial charge in [-0.15, -0.1) is 0 Å². The molecule has 3 rings (SSSR count). The smallest absolute Gasteiger partial charge is 0.330 e. The number of ether oxygens (including phenoxy) is 1. The van der Waals surface area contributed by atoms with Crippen LogP contribution in [0.3, 0.4) is 0 Å². The third kappa shape index (κ3) is 2.74. The van der Waals surface area contributed by atoms with Crippen molar-refractivity contribution >= 4 is 5.97 Å². The summed E-state index contributed by atoms with van der Waals surface area (Å²) >= 11 is 0. The van der Waals surface area contributed by atoms with Crippen molar-refractivity contribution in [3.8, 4) is 5.75 Å². The predicted molar refractivity (Wildman–Crippen MR) is 74.9 cm³/mol. The van der Waals surface area contributed by atoms with Crippen LogP contribution in [0.25, 0.3) is 0 Å². The highest BCUT2D eigenvalue weighted by Gasteiger charge is 2.29. The summed E-state index contributed by atoms with van der Waals surface area (Å²) in [5.41, 5.74) is 1.02. The number of phenols is 1. The largest absolute Gasteiger partial charge is 0.508 e. The molecule has 1 aromatic carbocycles. The van der Waals surface area contributed by atoms with Crippen LogP contribution in [-0.2, 0) is 22.4 Å². The van der Waals surface area contributed by atoms with Crippen molar-refractivity contribution in [2.45, 2.75) is 31.7 Å². The van der Waals surface area contributed by atoms with Crippen molar-refractivity contribution in [2.24, 2.45) is 0 Å². The van der Waals surface area contributed by atoms with Crippen molar-refractivity contribution in [3.63, 3.8) is 0 Å². The van der Waals surface area contributed by atoms with Crippen LogP contribution in [0, 0.1) is 0 Å². The molecule has 0 aliphatic carbocycles. The number of aromatic hydroxyl groups is 1. The van der Waals surface area contributed by atoms with Crippen LogP contribution in [0.1, 0.15) is 36.1 Å². The molecule has 1 aliphatic heterocycles. The van der Waals surface area contributed by atoms with Crippen molar-refractivity contribution < 1.29 is 14.6 Å². The molecule has 0 spiro atoms. The average Bonchev–Trinajstić information content (AvgIpc) is 2.91. The summed E-state index contributed by atoms with van der Waals surface area (Å²) in [5, 5.41) is 13.8. The van der Waals surface area contributed by atoms with Gasteiger partial charge in [-0.2, -0.15) is 5.10 Å². The van der Waals surface area contributed by atoms with Gasteiger partial charge in [-0.3, -0.25) is 0 Å². The maximum atomic E-state index is 11.8. The zero-order chi connectivity index (χ0) is 14.8. The number of hydrogen-bond donors (Lipinski definition) is 1. The van der Waals surface area contributed by atoms with E-state index in [9.17, 15) is 9.90 Å². The molecule has 0 bridgehead atoms. The SMILES string of the molecule is COC(=O)C1CCCc2nc(Cc3ccc(O)cc3)nn21. The zero-order valence-corrected chi connectivity index (χ0v) is 11.8. The number of carbonyl (C=O) groups excluding carboxylic acids is 1. The molecule has 0 saturated heterocycles. The number of hydrogen-bond acceptors (Lipinski definition) is 5. The molecule has 1 atom stereocenters. The van der Waals surface area contributed by atoms with Gasteiger partial charge < -0.3 is 9.84 Å². The Balaban J connectivity index is 1.84. The van der Waals surface area contributed by atoms with Gasteiger partial charge >= 0.3 is 5.97 Å². The number of fused-ring (bicyclic) bond motifs is 1. The number of benzene rings is 1. The van der Waals surface area contributed by atoms with E-state index in [-0.39, 0.29) is 17.8 Å². The Morgan fingerprint density at radius 1 is 1.43 bits per heavy atom. The van der Waals surface area contributed by atoms with Gasteiger partial charge in [0, 0.05) is 12.8 Å². The summed E-state index contributed by atoms with van der Waals surface area (Å²) in [4.78, 5) is 16.3. The normalized spacial score (nSPS) is 17.3. The molecular formula is C15H17N3O3. The minimum absolute atomic E-state index is 0.238. The number of esters is 1. The number of aromatic nitrogens is 3. The first-order valence-corrected chi connectivity index (χ1v) is 6.97. The van der Waals surface area contributed by atoms with Crippen LogP contribution in [-0.4, -0.2) is 33.0 Å². The fourth-order valence-electron chi connectivity index (χ4n) is 2.63. The van der Waals surface area contributed by atoms with E-state index < -0.39 is 0 Å². The summed E-state index contributed by atoms with van der Waals surface area (Å²) in [6.45, 7) is 0. The molecule has 6 heteroatoms. The molecule has 1 aromatic heterocycles. The van der Waals surface area contributed by atoms with E-state index in [1.807, 2.05) is 12.1 Å². The van der Waals surface area contributed by atoms with Crippen LogP contribution in [0.2, 0.25) is 0 Å². The first-order chi connectivity index (χ1) is 10.2. The Morgan fingerprint density at radius 2 is 2.19 bits per heavy atom. The van der Waals surface area contributed by atoms with Gasteiger partial charge in [-0.25, -0.2) is 14.5 Å². The molecule has 1 N–H and O–H groups in total. The summed E-state index contributed by atoms with van der Waals surface area (Å²) in [6.07, 6.45) is 3.06. The lowest BCUT2D eigenvalue weighted by molar-refractivity contribution is -0.145. The number of aryl methyl sites for hydroxylation is 1. The van der Waals surface area contributed by atoms with E-state index >= 15 is 0 Å². The lowest BCUT2D eigenvalue weighted by atomic mass is 10.1. The molecular weight excluding hydrogens is 270 g/mol. The van der Waals surface area contributed by atoms with Crippen LogP contribution < -0.4 is 0 Å². The Bertz CT molecular complexity index is 649. The van der Waals surface area contributed by atoms with Crippen molar-refractivity contribution in [1.82, 2.24) is 14.8 Å². The predicted octanol–water partition coefficient (Wildman–Crippen LogP) is 1.62. The summed E-state index contributed by atoms with van der Waals surface area (Å²) in [5.74, 6) is 1.50. The van der Waals surface area contributed by atoms with Crippen LogP contribution in [0.4, 0.5) is 0 Å². The Kier molecular flexibility index (Phi) is 3.60. The maximum Gasteiger partial charge on any atom is 0.330 e. The molecule has 0 amide bonds. The van der Waals surface area contributed by atoms with Gasteiger partial charge in [0.15, 0.2) is 11.9 Å². The van der Waals surface area contributed by atoms with E-state index in [0.29, 0.717) is 12.2 Å². The minimum Gasteiger partial charge on any atom is -0.508 e. The first kappa shape index (κ1) is 13.6. The quantitative estimate of drug-likeness (QED) is 0.868. The molecule has 2 aromatic rings. The number of methoxy groups -OCH3 is 1. The monoisotopic (exact) mass is 287 g/mol. The van der Waals surface area contributed by atoms with Crippen LogP contribution >= 0.6 is 0 Å². The second-order valence-corrected chi connectivity index (χ2v) is 5.16. The molecule has 2 heterocycles. The van der Waals surface area contributed by atoms with Gasteiger partial charge in [0.2, 0.25) is 0 Å². The van der Waals surface area contributed by atoms with Crippen molar-refractivity contribution in [1.29, 1.82) is 0 Å². The maximum absolute atomic E-state index is 11.8. The summed E-state index contributed by atoms with van der Waals surface area (Å²) < 4.78 is 6.53. The molecule has 0 fully saturated rings. The molecule has 21 heavy (non-hydrogen) atoms. The van der Waals surface area contributed by atoms with Crippen LogP contribution in [0.15, 0.2) is 24.3 Å². The van der Waals surface area contributed by atoms with E-state index in [0.717, 1.165) is 30.7 Å². The topological polar surface area (TPSA) is 77.2 Å². The Labute approximate surface area is 122 Å². The van der Waals surface area contributed by atoms with E-state index in [2.05, 4.69) is 10.1 Å². The fourth-order valence-corrected chi connectivity index (χ4v) is 2.63. The standard InChI is InChI=1S/C15H17N3O3/c1-21-15(20)12-3-2-4-14-16-13(17-18(12)14)9-10-5-7-11(19)8-6-10/h5-8,12,19H,2-4,9H2,1H3. The summed E-state index contributed by atoms with van der Waals surface area (Å²) in [6, 6.07) is 6.60. The molecule has 110 valence electrons. The van der Waals surface area contributed by atoms with E-state index in [4.69, 9.17) is 4.74 Å². The number of rotatable bonds is 3. The molecule has 6 nitrogen and oxygen atoms in total. The van der Waals surface area contributed by atoms with Crippen molar-refractivity contribution in [3.05, 3.63) is 41.5 Å². The number of phenolic OH excluding ortho intramolecular Hbond substituents is 1. The van der Waals surface area contributed by atoms with Crippen molar-refractivity contribution in [2.75, 3.05) is 7.11 Å². The van der Waals surface area contributed by atoms with E-state index in [1.165, 1.54) is 7.11 Å². The van der Waals surface area contributed by atoms with Gasteiger partial charge in [-0.05, 0) is 30.5 Å². The number of nitrogens with zero attached hydrogens (tertiary/aromatic N) is 3. The summed E-state index contributed by atoms with van der Waals surface area (Å²) in [7, 11) is 1.39. The van der Waals surface area contributed by atoms with Gasteiger partial charge in [0.05, 0.1) is 7.11 Å². The molecule has 0 radical (unpaired) electrons. The molecule has 1 unspecified atom stereocenters. The van der Waals surface area contributed by atoms with Gasteiger partial charge in [0.1, 0.15) is 11.6 Å². The highest BCUT2D eigenvalue weighted by Crippen LogP contribution is 2.24. The first-order valence-electron chi connectivity index (χ1n) is 6.97. The molecule has 1 aliphatic rings. The second-order valence-electron chi connectivity index (χ2n) is 5.16. The van der Waals surface area contributed by atoms with E-state index in [1.54, 1.807) is 16.8 Å².